The van der Waals surface area contributed by atoms with E-state index >= 15 is 0 Å². The van der Waals surface area contributed by atoms with E-state index in [1.807, 2.05) is 6.07 Å². The summed E-state index contributed by atoms with van der Waals surface area (Å²) in [6.07, 6.45) is 1.79. The van der Waals surface area contributed by atoms with Crippen LogP contribution in [0, 0.1) is 11.6 Å². The lowest BCUT2D eigenvalue weighted by molar-refractivity contribution is 0.0628. The summed E-state index contributed by atoms with van der Waals surface area (Å²) in [4.78, 5) is 16.4. The number of aromatic nitrogens is 2. The number of aromatic amines is 1. The van der Waals surface area contributed by atoms with Crippen LogP contribution >= 0.6 is 0 Å². The molecule has 134 valence electrons. The van der Waals surface area contributed by atoms with E-state index < -0.39 is 11.6 Å². The molecule has 26 heavy (non-hydrogen) atoms. The maximum absolute atomic E-state index is 13.3. The first kappa shape index (κ1) is 16.7. The Bertz CT molecular complexity index is 948. The van der Waals surface area contributed by atoms with Crippen molar-refractivity contribution in [2.75, 3.05) is 26.2 Å². The van der Waals surface area contributed by atoms with Gasteiger partial charge in [0, 0.05) is 43.7 Å². The summed E-state index contributed by atoms with van der Waals surface area (Å²) < 4.78 is 26.4. The Kier molecular flexibility index (Phi) is 4.38. The molecule has 1 aliphatic rings. The van der Waals surface area contributed by atoms with Crippen LogP contribution in [-0.4, -0.2) is 52.1 Å². The van der Waals surface area contributed by atoms with Crippen molar-refractivity contribution in [1.82, 2.24) is 20.0 Å². The summed E-state index contributed by atoms with van der Waals surface area (Å²) in [6, 6.07) is 9.48. The molecule has 0 aliphatic carbocycles. The van der Waals surface area contributed by atoms with Gasteiger partial charge in [-0.25, -0.2) is 8.78 Å². The zero-order chi connectivity index (χ0) is 18.1. The molecule has 0 bridgehead atoms. The molecule has 7 heteroatoms. The highest BCUT2D eigenvalue weighted by molar-refractivity contribution is 5.94. The third-order valence-electron chi connectivity index (χ3n) is 4.74. The monoisotopic (exact) mass is 356 g/mol. The number of carbonyl (C=O) groups excluding carboxylic acids is 1. The molecule has 1 aromatic heterocycles. The number of hydrogen-bond donors (Lipinski definition) is 1. The van der Waals surface area contributed by atoms with Crippen LogP contribution in [0.2, 0.25) is 0 Å². The highest BCUT2D eigenvalue weighted by atomic mass is 19.2. The highest BCUT2D eigenvalue weighted by Crippen LogP contribution is 2.17. The Morgan fingerprint density at radius 3 is 2.62 bits per heavy atom. The first-order valence-electron chi connectivity index (χ1n) is 8.49. The second kappa shape index (κ2) is 6.84. The predicted octanol–water partition coefficient (Wildman–Crippen LogP) is 2.80. The lowest BCUT2D eigenvalue weighted by atomic mass is 10.1. The molecule has 3 aromatic rings. The number of nitrogens with zero attached hydrogens (tertiary/aromatic N) is 3. The summed E-state index contributed by atoms with van der Waals surface area (Å²) in [5.41, 5.74) is 2.37. The van der Waals surface area contributed by atoms with Gasteiger partial charge in [0.2, 0.25) is 0 Å². The van der Waals surface area contributed by atoms with Crippen molar-refractivity contribution >= 4 is 16.8 Å². The third-order valence-corrected chi connectivity index (χ3v) is 4.74. The van der Waals surface area contributed by atoms with Crippen molar-refractivity contribution in [3.63, 3.8) is 0 Å². The molecule has 2 heterocycles. The lowest BCUT2D eigenvalue weighted by Crippen LogP contribution is -2.48. The molecular weight excluding hydrogens is 338 g/mol. The number of halogens is 2. The third kappa shape index (κ3) is 3.30. The smallest absolute Gasteiger partial charge is 0.254 e. The molecule has 0 spiro atoms. The number of fused-ring (bicyclic) bond motifs is 1. The zero-order valence-corrected chi connectivity index (χ0v) is 14.1. The van der Waals surface area contributed by atoms with Gasteiger partial charge in [-0.15, -0.1) is 0 Å². The molecule has 0 radical (unpaired) electrons. The highest BCUT2D eigenvalue weighted by Gasteiger charge is 2.23. The maximum Gasteiger partial charge on any atom is 0.254 e. The summed E-state index contributed by atoms with van der Waals surface area (Å²) in [5.74, 6) is -2.20. The molecule has 5 nitrogen and oxygen atoms in total. The van der Waals surface area contributed by atoms with E-state index in [0.29, 0.717) is 13.1 Å². The Morgan fingerprint density at radius 2 is 1.85 bits per heavy atom. The van der Waals surface area contributed by atoms with Crippen molar-refractivity contribution in [3.8, 4) is 0 Å². The Hall–Kier alpha value is -2.80. The number of carbonyl (C=O) groups is 1. The van der Waals surface area contributed by atoms with Crippen molar-refractivity contribution in [2.24, 2.45) is 0 Å². The molecule has 0 unspecified atom stereocenters. The van der Waals surface area contributed by atoms with Crippen molar-refractivity contribution in [3.05, 3.63) is 65.4 Å². The lowest BCUT2D eigenvalue weighted by Gasteiger charge is -2.34. The van der Waals surface area contributed by atoms with Crippen LogP contribution in [0.25, 0.3) is 10.9 Å². The molecule has 1 amide bonds. The van der Waals surface area contributed by atoms with E-state index in [2.05, 4.69) is 27.2 Å². The fraction of sp³-hybridized carbons (Fsp3) is 0.263. The molecule has 1 saturated heterocycles. The fourth-order valence-corrected chi connectivity index (χ4v) is 3.26. The van der Waals surface area contributed by atoms with Crippen LogP contribution in [0.15, 0.2) is 42.6 Å². The molecule has 2 aromatic carbocycles. The first-order valence-corrected chi connectivity index (χ1v) is 8.49. The minimum Gasteiger partial charge on any atom is -0.336 e. The van der Waals surface area contributed by atoms with Crippen LogP contribution in [0.1, 0.15) is 15.9 Å². The van der Waals surface area contributed by atoms with E-state index in [4.69, 9.17) is 0 Å². The van der Waals surface area contributed by atoms with Gasteiger partial charge in [0.15, 0.2) is 11.6 Å². The van der Waals surface area contributed by atoms with Gasteiger partial charge in [0.25, 0.3) is 5.91 Å². The first-order chi connectivity index (χ1) is 12.6. The van der Waals surface area contributed by atoms with E-state index in [1.165, 1.54) is 11.6 Å². The quantitative estimate of drug-likeness (QED) is 0.785. The number of hydrogen-bond acceptors (Lipinski definition) is 3. The van der Waals surface area contributed by atoms with Crippen LogP contribution in [0.3, 0.4) is 0 Å². The van der Waals surface area contributed by atoms with Crippen molar-refractivity contribution in [2.45, 2.75) is 6.54 Å². The Labute approximate surface area is 149 Å². The van der Waals surface area contributed by atoms with Gasteiger partial charge in [-0.05, 0) is 29.8 Å². The van der Waals surface area contributed by atoms with E-state index in [9.17, 15) is 13.6 Å². The molecule has 0 saturated carbocycles. The molecule has 1 N–H and O–H groups in total. The van der Waals surface area contributed by atoms with Gasteiger partial charge in [-0.3, -0.25) is 14.8 Å². The SMILES string of the molecule is O=C(c1ccc(F)c(F)c1)N1CCN(Cc2ccc3cn[nH]c3c2)CC1. The number of rotatable bonds is 3. The van der Waals surface area contributed by atoms with Crippen LogP contribution < -0.4 is 0 Å². The molecule has 1 aliphatic heterocycles. The second-order valence-electron chi connectivity index (χ2n) is 6.49. The summed E-state index contributed by atoms with van der Waals surface area (Å²) in [6.45, 7) is 3.38. The average molecular weight is 356 g/mol. The number of nitrogens with one attached hydrogen (secondary N) is 1. The van der Waals surface area contributed by atoms with Gasteiger partial charge in [0.05, 0.1) is 11.7 Å². The standard InChI is InChI=1S/C19H18F2N4O/c20-16-4-3-14(10-17(16)21)19(26)25-7-5-24(6-8-25)12-13-1-2-15-11-22-23-18(15)9-13/h1-4,9-11H,5-8,12H2,(H,22,23). The van der Waals surface area contributed by atoms with Crippen LogP contribution in [0.4, 0.5) is 8.78 Å². The van der Waals surface area contributed by atoms with E-state index in [0.717, 1.165) is 42.7 Å². The Balaban J connectivity index is 1.37. The number of H-pyrrole nitrogens is 1. The predicted molar refractivity (Wildman–Crippen MR) is 93.6 cm³/mol. The molecular formula is C19H18F2N4O. The molecule has 4 rings (SSSR count). The van der Waals surface area contributed by atoms with E-state index in [-0.39, 0.29) is 11.5 Å². The van der Waals surface area contributed by atoms with Crippen LogP contribution in [0.5, 0.6) is 0 Å². The number of amides is 1. The zero-order valence-electron chi connectivity index (χ0n) is 14.1. The average Bonchev–Trinajstić information content (AvgIpc) is 3.12. The molecule has 0 atom stereocenters. The summed E-state index contributed by atoms with van der Waals surface area (Å²) in [5, 5.41) is 8.07. The minimum atomic E-state index is -0.997. The van der Waals surface area contributed by atoms with Gasteiger partial charge in [-0.1, -0.05) is 12.1 Å². The summed E-state index contributed by atoms with van der Waals surface area (Å²) >= 11 is 0. The van der Waals surface area contributed by atoms with Crippen molar-refractivity contribution in [1.29, 1.82) is 0 Å². The topological polar surface area (TPSA) is 52.2 Å². The summed E-state index contributed by atoms with van der Waals surface area (Å²) in [7, 11) is 0. The minimum absolute atomic E-state index is 0.182. The maximum atomic E-state index is 13.3. The van der Waals surface area contributed by atoms with Gasteiger partial charge in [-0.2, -0.15) is 5.10 Å². The van der Waals surface area contributed by atoms with Crippen molar-refractivity contribution < 1.29 is 13.6 Å². The Morgan fingerprint density at radius 1 is 1.04 bits per heavy atom. The normalized spacial score (nSPS) is 15.5. The molecule has 1 fully saturated rings. The second-order valence-corrected chi connectivity index (χ2v) is 6.49. The largest absolute Gasteiger partial charge is 0.336 e. The van der Waals surface area contributed by atoms with Crippen LogP contribution in [-0.2, 0) is 6.54 Å². The van der Waals surface area contributed by atoms with Gasteiger partial charge in [0.1, 0.15) is 0 Å². The number of benzene rings is 2. The van der Waals surface area contributed by atoms with Gasteiger partial charge < -0.3 is 4.90 Å². The fourth-order valence-electron chi connectivity index (χ4n) is 3.26. The number of piperazine rings is 1. The van der Waals surface area contributed by atoms with Gasteiger partial charge >= 0.3 is 0 Å². The van der Waals surface area contributed by atoms with E-state index in [1.54, 1.807) is 11.1 Å².